The molecule has 0 bridgehead atoms. The van der Waals surface area contributed by atoms with Crippen molar-refractivity contribution in [3.05, 3.63) is 138 Å². The maximum atomic E-state index is 3.88. The smallest absolute Gasteiger partial charge is 0.172 e. The molecule has 5 aromatic carbocycles. The maximum absolute atomic E-state index is 3.88. The van der Waals surface area contributed by atoms with E-state index in [9.17, 15) is 0 Å². The molecule has 6 rings (SSSR count). The number of benzene rings is 4. The third-order valence-corrected chi connectivity index (χ3v) is 7.38. The van der Waals surface area contributed by atoms with Crippen LogP contribution in [0.5, 0.6) is 0 Å². The number of hydrogen-bond donors (Lipinski definition) is 0. The molecule has 0 heterocycles. The molecule has 5 aromatic rings. The zero-order chi connectivity index (χ0) is 28.9. The van der Waals surface area contributed by atoms with Gasteiger partial charge in [0.2, 0.25) is 0 Å². The Morgan fingerprint density at radius 2 is 1.12 bits per heavy atom. The van der Waals surface area contributed by atoms with E-state index < -0.39 is 0 Å². The predicted molar refractivity (Wildman–Crippen MR) is 171 cm³/mol. The summed E-state index contributed by atoms with van der Waals surface area (Å²) in [7, 11) is 0. The van der Waals surface area contributed by atoms with Crippen LogP contribution >= 0.6 is 0 Å². The Kier molecular flexibility index (Phi) is 13.0. The van der Waals surface area contributed by atoms with Gasteiger partial charge < -0.3 is 24.8 Å². The Labute approximate surface area is 280 Å². The third-order valence-electron chi connectivity index (χ3n) is 7.38. The minimum absolute atomic E-state index is 0. The first-order valence-electron chi connectivity index (χ1n) is 14.0. The minimum atomic E-state index is 0. The molecule has 42 heavy (non-hydrogen) atoms. The first-order valence-corrected chi connectivity index (χ1v) is 16.6. The maximum Gasteiger partial charge on any atom is -0.172 e. The van der Waals surface area contributed by atoms with E-state index in [1.807, 2.05) is 30.3 Å². The Balaban J connectivity index is 0.000000612. The van der Waals surface area contributed by atoms with Crippen LogP contribution in [0, 0.1) is 6.07 Å². The monoisotopic (exact) mass is 758 g/mol. The van der Waals surface area contributed by atoms with Crippen molar-refractivity contribution in [2.24, 2.45) is 0 Å². The van der Waals surface area contributed by atoms with Gasteiger partial charge in [-0.25, -0.2) is 12.1 Å². The van der Waals surface area contributed by atoms with Gasteiger partial charge in [-0.3, -0.25) is 0 Å². The van der Waals surface area contributed by atoms with Crippen molar-refractivity contribution in [3.8, 4) is 33.4 Å². The standard InChI is InChI=1S/C33H33.C5H5.CH2.2ClH.Hf/c1-32(2,3)30-20-26-24(18-28(30)22-13-9-7-10-14-22)17-25-19-29(23-15-11-8-12-16-23)31(21-27(25)26)33(4,5)6;1-2-4-5-3-1;;;;/h7-16,18,20-21H,17H2,1-6H3;1-5H;1H2;2*1H;/q2*-1;;;;+2/p-2. The molecule has 0 amide bonds. The quantitative estimate of drug-likeness (QED) is 0.182. The van der Waals surface area contributed by atoms with Crippen LogP contribution in [0.1, 0.15) is 63.8 Å². The van der Waals surface area contributed by atoms with E-state index in [1.54, 1.807) is 0 Å². The van der Waals surface area contributed by atoms with Gasteiger partial charge in [0.05, 0.1) is 0 Å². The van der Waals surface area contributed by atoms with E-state index in [0.717, 1.165) is 30.3 Å². The molecular formula is C39H40Cl2Hf-2. The van der Waals surface area contributed by atoms with Gasteiger partial charge in [-0.2, -0.15) is 18.2 Å². The second-order valence-corrected chi connectivity index (χ2v) is 12.4. The molecule has 0 radical (unpaired) electrons. The van der Waals surface area contributed by atoms with Crippen molar-refractivity contribution in [2.75, 3.05) is 0 Å². The summed E-state index contributed by atoms with van der Waals surface area (Å²) in [5, 5.41) is 0. The van der Waals surface area contributed by atoms with Crippen LogP contribution in [-0.4, -0.2) is 4.26 Å². The van der Waals surface area contributed by atoms with E-state index in [-0.39, 0.29) is 35.6 Å². The summed E-state index contributed by atoms with van der Waals surface area (Å²) in [6, 6.07) is 42.8. The second-order valence-electron chi connectivity index (χ2n) is 12.4. The van der Waals surface area contributed by atoms with Crippen LogP contribution in [0.3, 0.4) is 0 Å². The van der Waals surface area contributed by atoms with Crippen LogP contribution in [0.2, 0.25) is 0 Å². The minimum Gasteiger partial charge on any atom is -1.00 e. The largest absolute Gasteiger partial charge is 1.00 e. The molecule has 0 nitrogen and oxygen atoms in total. The molecule has 216 valence electrons. The van der Waals surface area contributed by atoms with Crippen molar-refractivity contribution in [1.29, 1.82) is 0 Å². The van der Waals surface area contributed by atoms with Gasteiger partial charge in [0.1, 0.15) is 0 Å². The van der Waals surface area contributed by atoms with E-state index in [0.29, 0.717) is 0 Å². The molecule has 0 saturated heterocycles. The van der Waals surface area contributed by atoms with Gasteiger partial charge in [-0.15, -0.1) is 28.8 Å². The molecule has 0 unspecified atom stereocenters. The average Bonchev–Trinajstić information content (AvgIpc) is 3.64. The summed E-state index contributed by atoms with van der Waals surface area (Å²) in [4.78, 5) is 0. The molecule has 0 spiro atoms. The number of hydrogen-bond acceptors (Lipinski definition) is 0. The number of rotatable bonds is 2. The molecule has 0 aromatic heterocycles. The molecule has 1 aliphatic carbocycles. The van der Waals surface area contributed by atoms with Crippen LogP contribution in [0.25, 0.3) is 33.4 Å². The third kappa shape index (κ3) is 8.13. The summed E-state index contributed by atoms with van der Waals surface area (Å²) in [5.74, 6) is 0. The van der Waals surface area contributed by atoms with Crippen molar-refractivity contribution < 1.29 is 48.7 Å². The van der Waals surface area contributed by atoms with Gasteiger partial charge in [0.25, 0.3) is 0 Å². The molecular weight excluding hydrogens is 718 g/mol. The Morgan fingerprint density at radius 1 is 0.619 bits per heavy atom. The van der Waals surface area contributed by atoms with Gasteiger partial charge in [0.15, 0.2) is 0 Å². The van der Waals surface area contributed by atoms with E-state index in [1.165, 1.54) is 55.6 Å². The van der Waals surface area contributed by atoms with Gasteiger partial charge in [-0.1, -0.05) is 131 Å². The van der Waals surface area contributed by atoms with Crippen LogP contribution < -0.4 is 24.8 Å². The molecule has 3 heteroatoms. The normalized spacial score (nSPS) is 11.3. The predicted octanol–water partition coefficient (Wildman–Crippen LogP) is 4.37. The van der Waals surface area contributed by atoms with E-state index >= 15 is 0 Å². The zero-order valence-electron chi connectivity index (χ0n) is 25.6. The van der Waals surface area contributed by atoms with Crippen LogP contribution in [0.4, 0.5) is 0 Å². The SMILES string of the molecule is CC(C)(C)c1cc2c([c-]c1-c1ccccc1)Cc1cc(-c3ccccc3)c(C(C)(C)C)cc1-2.[CH2]=[Hf+2].[Cl-].[Cl-].c1cc[cH-]c1. The number of halogens is 2. The zero-order valence-corrected chi connectivity index (χ0v) is 30.7. The Hall–Kier alpha value is -2.45. The first-order chi connectivity index (χ1) is 19.1. The summed E-state index contributed by atoms with van der Waals surface area (Å²) in [6.45, 7) is 13.9. The molecule has 0 aliphatic heterocycles. The summed E-state index contributed by atoms with van der Waals surface area (Å²) >= 11 is 1.06. The average molecular weight is 758 g/mol. The van der Waals surface area contributed by atoms with Gasteiger partial charge in [0, 0.05) is 0 Å². The topological polar surface area (TPSA) is 0 Å². The molecule has 0 fully saturated rings. The second kappa shape index (κ2) is 15.3. The number of fused-ring (bicyclic) bond motifs is 3. The van der Waals surface area contributed by atoms with Crippen LogP contribution in [-0.2, 0) is 41.1 Å². The fraction of sp³-hybridized carbons (Fsp3) is 0.231. The van der Waals surface area contributed by atoms with Crippen molar-refractivity contribution in [1.82, 2.24) is 0 Å². The van der Waals surface area contributed by atoms with Gasteiger partial charge in [-0.05, 0) is 39.5 Å². The van der Waals surface area contributed by atoms with E-state index in [4.69, 9.17) is 0 Å². The molecule has 0 N–H and O–H groups in total. The van der Waals surface area contributed by atoms with E-state index in [2.05, 4.69) is 131 Å². The summed E-state index contributed by atoms with van der Waals surface area (Å²) in [6.07, 6.45) is 0.944. The Bertz CT molecular complexity index is 1420. The van der Waals surface area contributed by atoms with Crippen molar-refractivity contribution in [3.63, 3.8) is 0 Å². The van der Waals surface area contributed by atoms with Crippen LogP contribution in [0.15, 0.2) is 109 Å². The fourth-order valence-electron chi connectivity index (χ4n) is 5.42. The first kappa shape index (κ1) is 35.7. The fourth-order valence-corrected chi connectivity index (χ4v) is 5.42. The Morgan fingerprint density at radius 3 is 1.60 bits per heavy atom. The molecule has 0 atom stereocenters. The summed E-state index contributed by atoms with van der Waals surface area (Å²) < 4.78 is 3.39. The van der Waals surface area contributed by atoms with Crippen molar-refractivity contribution >= 4 is 4.26 Å². The molecule has 0 saturated carbocycles. The van der Waals surface area contributed by atoms with Crippen molar-refractivity contribution in [2.45, 2.75) is 58.8 Å². The molecule has 1 aliphatic rings. The summed E-state index contributed by atoms with van der Waals surface area (Å²) in [5.41, 5.74) is 13.5. The van der Waals surface area contributed by atoms with Gasteiger partial charge >= 0.3 is 28.2 Å².